The Kier molecular flexibility index (Phi) is 9.42. The number of rotatable bonds is 10. The van der Waals surface area contributed by atoms with Gasteiger partial charge >= 0.3 is 29.8 Å². The zero-order valence-corrected chi connectivity index (χ0v) is 21.1. The number of carboxylic acids is 1. The first kappa shape index (κ1) is 29.1. The number of carboxylic acid groups (broad SMARTS) is 1. The molecule has 4 rings (SSSR count). The smallest absolute Gasteiger partial charge is 0.331 e. The number of ketones is 1. The molecule has 8 atom stereocenters. The van der Waals surface area contributed by atoms with Gasteiger partial charge in [-0.15, -0.1) is 0 Å². The van der Waals surface area contributed by atoms with Gasteiger partial charge in [0.25, 0.3) is 0 Å². The van der Waals surface area contributed by atoms with Crippen LogP contribution in [0.25, 0.3) is 0 Å². The van der Waals surface area contributed by atoms with Crippen LogP contribution in [0.15, 0.2) is 36.5 Å². The van der Waals surface area contributed by atoms with E-state index >= 15 is 0 Å². The van der Waals surface area contributed by atoms with E-state index in [1.54, 1.807) is 0 Å². The number of aliphatic carboxylic acids is 1. The molecular formula is C25H26O15. The van der Waals surface area contributed by atoms with E-state index in [9.17, 15) is 28.8 Å². The fourth-order valence-corrected chi connectivity index (χ4v) is 4.48. The summed E-state index contributed by atoms with van der Waals surface area (Å²) in [5, 5.41) is 8.58. The highest BCUT2D eigenvalue weighted by Gasteiger charge is 2.52. The number of hydrogen-bond acceptors (Lipinski definition) is 14. The van der Waals surface area contributed by atoms with Gasteiger partial charge in [0.05, 0.1) is 26.4 Å². The van der Waals surface area contributed by atoms with Crippen LogP contribution in [0.1, 0.15) is 6.92 Å². The Morgan fingerprint density at radius 3 is 1.07 bits per heavy atom. The zero-order valence-electron chi connectivity index (χ0n) is 21.1. The highest BCUT2D eigenvalue weighted by molar-refractivity contribution is 5.94. The SMILES string of the molecule is CC(=O)/C=C/C(=O)O[C@@H]1CO[C@H]2[C@@H]1OC[C@H]2OC(=O)/C=C/C(=O)O[C@@H]1CO[C@H]2[C@@H]1OC[C@H]2OC(=O)/C=C/C(=O)O. The molecule has 0 saturated carbocycles. The first-order chi connectivity index (χ1) is 19.1. The van der Waals surface area contributed by atoms with Crippen molar-refractivity contribution in [3.63, 3.8) is 0 Å². The molecule has 4 heterocycles. The molecule has 0 amide bonds. The van der Waals surface area contributed by atoms with Gasteiger partial charge in [0.1, 0.15) is 24.4 Å². The van der Waals surface area contributed by atoms with Crippen molar-refractivity contribution in [1.29, 1.82) is 0 Å². The number of carbonyl (C=O) groups is 6. The van der Waals surface area contributed by atoms with E-state index in [-0.39, 0.29) is 32.2 Å². The average molecular weight is 566 g/mol. The Bertz CT molecular complexity index is 1040. The van der Waals surface area contributed by atoms with Crippen LogP contribution >= 0.6 is 0 Å². The summed E-state index contributed by atoms with van der Waals surface area (Å²) in [5.74, 6) is -4.98. The zero-order chi connectivity index (χ0) is 28.8. The third kappa shape index (κ3) is 7.38. The van der Waals surface area contributed by atoms with Crippen molar-refractivity contribution in [3.05, 3.63) is 36.5 Å². The lowest BCUT2D eigenvalue weighted by Crippen LogP contribution is -2.36. The molecule has 0 aromatic rings. The van der Waals surface area contributed by atoms with Crippen LogP contribution < -0.4 is 0 Å². The van der Waals surface area contributed by atoms with Crippen molar-refractivity contribution in [3.8, 4) is 0 Å². The van der Waals surface area contributed by atoms with E-state index in [1.807, 2.05) is 0 Å². The number of fused-ring (bicyclic) bond motifs is 2. The fraction of sp³-hybridized carbons (Fsp3) is 0.520. The molecule has 0 radical (unpaired) electrons. The molecule has 40 heavy (non-hydrogen) atoms. The monoisotopic (exact) mass is 566 g/mol. The minimum atomic E-state index is -1.31. The molecule has 0 bridgehead atoms. The van der Waals surface area contributed by atoms with Crippen LogP contribution in [0, 0.1) is 0 Å². The van der Waals surface area contributed by atoms with Gasteiger partial charge in [-0.1, -0.05) is 0 Å². The van der Waals surface area contributed by atoms with Gasteiger partial charge in [-0.05, 0) is 13.0 Å². The van der Waals surface area contributed by atoms with E-state index in [0.29, 0.717) is 6.08 Å². The molecular weight excluding hydrogens is 540 g/mol. The van der Waals surface area contributed by atoms with E-state index in [0.717, 1.165) is 30.4 Å². The molecule has 0 unspecified atom stereocenters. The maximum absolute atomic E-state index is 12.3. The summed E-state index contributed by atoms with van der Waals surface area (Å²) in [5.41, 5.74) is 0. The molecule has 4 fully saturated rings. The van der Waals surface area contributed by atoms with Crippen molar-refractivity contribution in [1.82, 2.24) is 0 Å². The molecule has 4 saturated heterocycles. The Balaban J connectivity index is 1.20. The van der Waals surface area contributed by atoms with Gasteiger partial charge in [0.15, 0.2) is 30.2 Å². The lowest BCUT2D eigenvalue weighted by molar-refractivity contribution is -0.152. The maximum atomic E-state index is 12.3. The third-order valence-corrected chi connectivity index (χ3v) is 6.17. The van der Waals surface area contributed by atoms with E-state index in [1.165, 1.54) is 6.92 Å². The summed E-state index contributed by atoms with van der Waals surface area (Å²) in [6, 6.07) is 0. The normalized spacial score (nSPS) is 32.7. The second-order valence-corrected chi connectivity index (χ2v) is 9.04. The van der Waals surface area contributed by atoms with E-state index in [4.69, 9.17) is 43.0 Å². The highest BCUT2D eigenvalue weighted by atomic mass is 16.7. The molecule has 1 N–H and O–H groups in total. The second kappa shape index (κ2) is 13.0. The van der Waals surface area contributed by atoms with Crippen LogP contribution in [-0.4, -0.2) is 116 Å². The summed E-state index contributed by atoms with van der Waals surface area (Å²) >= 11 is 0. The maximum Gasteiger partial charge on any atom is 0.331 e. The van der Waals surface area contributed by atoms with Crippen LogP contribution in [0.2, 0.25) is 0 Å². The van der Waals surface area contributed by atoms with Gasteiger partial charge in [0, 0.05) is 30.4 Å². The molecule has 15 heteroatoms. The molecule has 4 aliphatic rings. The number of esters is 4. The third-order valence-electron chi connectivity index (χ3n) is 6.17. The Morgan fingerprint density at radius 1 is 0.525 bits per heavy atom. The van der Waals surface area contributed by atoms with Gasteiger partial charge < -0.3 is 43.0 Å². The topological polar surface area (TPSA) is 196 Å². The Morgan fingerprint density at radius 2 is 0.800 bits per heavy atom. The number of hydrogen-bond donors (Lipinski definition) is 1. The van der Waals surface area contributed by atoms with E-state index in [2.05, 4.69) is 0 Å². The summed E-state index contributed by atoms with van der Waals surface area (Å²) in [7, 11) is 0. The van der Waals surface area contributed by atoms with Gasteiger partial charge in [-0.2, -0.15) is 0 Å². The molecule has 0 aliphatic carbocycles. The van der Waals surface area contributed by atoms with Gasteiger partial charge in [0.2, 0.25) is 0 Å². The minimum Gasteiger partial charge on any atom is -0.478 e. The molecule has 216 valence electrons. The first-order valence-electron chi connectivity index (χ1n) is 12.2. The summed E-state index contributed by atoms with van der Waals surface area (Å²) in [6.45, 7) is 1.19. The highest BCUT2D eigenvalue weighted by Crippen LogP contribution is 2.32. The van der Waals surface area contributed by atoms with Crippen LogP contribution in [-0.2, 0) is 66.7 Å². The quantitative estimate of drug-likeness (QED) is 0.183. The summed E-state index contributed by atoms with van der Waals surface area (Å²) in [6.07, 6.45) is -0.804. The van der Waals surface area contributed by atoms with Crippen molar-refractivity contribution >= 4 is 35.6 Å². The van der Waals surface area contributed by atoms with Crippen molar-refractivity contribution < 1.29 is 71.8 Å². The molecule has 15 nitrogen and oxygen atoms in total. The van der Waals surface area contributed by atoms with Crippen LogP contribution in [0.3, 0.4) is 0 Å². The van der Waals surface area contributed by atoms with E-state index < -0.39 is 78.7 Å². The van der Waals surface area contributed by atoms with Crippen LogP contribution in [0.4, 0.5) is 0 Å². The molecule has 0 aromatic heterocycles. The minimum absolute atomic E-state index is 0.0119. The molecule has 0 aromatic carbocycles. The molecule has 0 spiro atoms. The Labute approximate surface area is 226 Å². The molecule has 4 aliphatic heterocycles. The second-order valence-electron chi connectivity index (χ2n) is 9.04. The first-order valence-corrected chi connectivity index (χ1v) is 12.2. The lowest BCUT2D eigenvalue weighted by atomic mass is 10.1. The predicted molar refractivity (Wildman–Crippen MR) is 124 cm³/mol. The van der Waals surface area contributed by atoms with Gasteiger partial charge in [-0.25, -0.2) is 24.0 Å². The summed E-state index contributed by atoms with van der Waals surface area (Å²) in [4.78, 5) is 69.5. The standard InChI is InChI=1S/C25H26O15/c1-12(26)2-4-18(29)37-13-8-33-24-15(10-35-22(13)24)39-20(31)6-7-21(32)40-16-11-36-23-14(9-34-25(16)23)38-19(30)5-3-17(27)28/h2-7,13-16,22-25H,8-11H2,1H3,(H,27,28)/b4-2+,5-3+,7-6+/t13-,14-,15-,16-,22-,23-,24-,25-/m1/s1. The summed E-state index contributed by atoms with van der Waals surface area (Å²) < 4.78 is 43.2. The van der Waals surface area contributed by atoms with Crippen molar-refractivity contribution in [2.24, 2.45) is 0 Å². The van der Waals surface area contributed by atoms with Crippen molar-refractivity contribution in [2.75, 3.05) is 26.4 Å². The lowest BCUT2D eigenvalue weighted by Gasteiger charge is -2.16. The van der Waals surface area contributed by atoms with Gasteiger partial charge in [-0.3, -0.25) is 4.79 Å². The largest absolute Gasteiger partial charge is 0.478 e. The number of carbonyl (C=O) groups excluding carboxylic acids is 5. The Hall–Kier alpha value is -3.92. The number of ether oxygens (including phenoxy) is 8. The van der Waals surface area contributed by atoms with Crippen LogP contribution in [0.5, 0.6) is 0 Å². The average Bonchev–Trinajstić information content (AvgIpc) is 3.66. The van der Waals surface area contributed by atoms with Crippen molar-refractivity contribution in [2.45, 2.75) is 55.8 Å². The predicted octanol–water partition coefficient (Wildman–Crippen LogP) is -1.43. The number of allylic oxidation sites excluding steroid dienone is 1. The fourth-order valence-electron chi connectivity index (χ4n) is 4.48.